The van der Waals surface area contributed by atoms with Crippen molar-refractivity contribution in [2.75, 3.05) is 11.9 Å². The van der Waals surface area contributed by atoms with E-state index in [0.29, 0.717) is 23.7 Å². The van der Waals surface area contributed by atoms with Crippen LogP contribution in [-0.4, -0.2) is 35.3 Å². The lowest BCUT2D eigenvalue weighted by Crippen LogP contribution is -2.15. The largest absolute Gasteiger partial charge is 0.494 e. The number of benzene rings is 2. The summed E-state index contributed by atoms with van der Waals surface area (Å²) in [4.78, 5) is 27.9. The highest BCUT2D eigenvalue weighted by Gasteiger charge is 2.16. The van der Waals surface area contributed by atoms with Crippen LogP contribution in [0, 0.1) is 0 Å². The number of aromatic nitrogens is 3. The van der Waals surface area contributed by atoms with Crippen LogP contribution in [0.4, 0.5) is 5.69 Å². The quantitative estimate of drug-likeness (QED) is 0.339. The first-order chi connectivity index (χ1) is 16.7. The normalized spacial score (nSPS) is 10.8. The second kappa shape index (κ2) is 9.85. The fraction of sp³-hybridized carbons (Fsp3) is 0.0769. The molecule has 0 bridgehead atoms. The zero-order valence-electron chi connectivity index (χ0n) is 18.6. The van der Waals surface area contributed by atoms with Gasteiger partial charge in [-0.25, -0.2) is 15.0 Å². The van der Waals surface area contributed by atoms with Gasteiger partial charge in [-0.3, -0.25) is 4.79 Å². The molecule has 3 aromatic heterocycles. The third-order valence-corrected chi connectivity index (χ3v) is 6.16. The molecule has 0 spiro atoms. The van der Waals surface area contributed by atoms with E-state index in [1.165, 1.54) is 11.3 Å². The van der Waals surface area contributed by atoms with E-state index in [1.54, 1.807) is 12.3 Å². The maximum absolute atomic E-state index is 13.3. The number of rotatable bonds is 7. The minimum absolute atomic E-state index is 0.285. The molecule has 0 radical (unpaired) electrons. The number of hydrogen-bond acceptors (Lipinski definition) is 6. The average molecular weight is 464 g/mol. The van der Waals surface area contributed by atoms with E-state index in [-0.39, 0.29) is 11.6 Å². The SMILES string of the molecule is BCCOc1cc(C(=O)Nc2ccccc2-c2nc3cccnc3s2)nc(-c2ccccc2)c1. The molecule has 1 amide bonds. The lowest BCUT2D eigenvalue weighted by Gasteiger charge is -2.12. The van der Waals surface area contributed by atoms with Crippen LogP contribution in [0.15, 0.2) is 85.1 Å². The van der Waals surface area contributed by atoms with Crippen molar-refractivity contribution in [2.45, 2.75) is 6.32 Å². The molecule has 0 unspecified atom stereocenters. The number of carbonyl (C=O) groups is 1. The summed E-state index contributed by atoms with van der Waals surface area (Å²) in [7, 11) is 2.04. The Morgan fingerprint density at radius 2 is 1.79 bits per heavy atom. The van der Waals surface area contributed by atoms with Crippen LogP contribution < -0.4 is 10.1 Å². The van der Waals surface area contributed by atoms with E-state index >= 15 is 0 Å². The summed E-state index contributed by atoms with van der Waals surface area (Å²) < 4.78 is 5.85. The van der Waals surface area contributed by atoms with Crippen molar-refractivity contribution in [1.82, 2.24) is 15.0 Å². The minimum Gasteiger partial charge on any atom is -0.494 e. The van der Waals surface area contributed by atoms with E-state index in [9.17, 15) is 4.79 Å². The average Bonchev–Trinajstić information content (AvgIpc) is 3.32. The molecule has 166 valence electrons. The Kier molecular flexibility index (Phi) is 6.31. The van der Waals surface area contributed by atoms with Crippen molar-refractivity contribution in [1.29, 1.82) is 0 Å². The first-order valence-corrected chi connectivity index (χ1v) is 11.9. The van der Waals surface area contributed by atoms with Gasteiger partial charge in [0.2, 0.25) is 0 Å². The second-order valence-corrected chi connectivity index (χ2v) is 8.61. The van der Waals surface area contributed by atoms with Crippen molar-refractivity contribution < 1.29 is 9.53 Å². The Morgan fingerprint density at radius 1 is 0.971 bits per heavy atom. The predicted octanol–water partition coefficient (Wildman–Crippen LogP) is 5.10. The van der Waals surface area contributed by atoms with Gasteiger partial charge in [0.25, 0.3) is 5.91 Å². The van der Waals surface area contributed by atoms with Gasteiger partial charge in [-0.05, 0) is 30.6 Å². The molecule has 6 nitrogen and oxygen atoms in total. The fourth-order valence-corrected chi connectivity index (χ4v) is 4.48. The Morgan fingerprint density at radius 3 is 2.62 bits per heavy atom. The molecule has 0 aliphatic carbocycles. The van der Waals surface area contributed by atoms with Gasteiger partial charge in [0.05, 0.1) is 18.0 Å². The smallest absolute Gasteiger partial charge is 0.274 e. The molecule has 2 aromatic carbocycles. The third kappa shape index (κ3) is 4.67. The standard InChI is InChI=1S/C26H21BN4O2S/c27-12-14-33-18-15-22(17-7-2-1-3-8-17)29-23(16-18)24(32)30-20-10-5-4-9-19(20)25-31-21-11-6-13-28-26(21)34-25/h1-11,13,15-16H,12,14,27H2,(H,30,32). The highest BCUT2D eigenvalue weighted by atomic mass is 32.1. The Hall–Kier alpha value is -4.04. The van der Waals surface area contributed by atoms with E-state index in [0.717, 1.165) is 32.8 Å². The number of ether oxygens (including phenoxy) is 1. The predicted molar refractivity (Wildman–Crippen MR) is 139 cm³/mol. The van der Waals surface area contributed by atoms with Gasteiger partial charge in [0.1, 0.15) is 34.6 Å². The van der Waals surface area contributed by atoms with Gasteiger partial charge in [-0.15, -0.1) is 0 Å². The first kappa shape index (κ1) is 21.8. The summed E-state index contributed by atoms with van der Waals surface area (Å²) in [6.45, 7) is 0.563. The zero-order chi connectivity index (χ0) is 23.3. The van der Waals surface area contributed by atoms with Crippen molar-refractivity contribution in [3.8, 4) is 27.6 Å². The Bertz CT molecular complexity index is 1420. The number of para-hydroxylation sites is 1. The van der Waals surface area contributed by atoms with Crippen LogP contribution in [0.2, 0.25) is 6.32 Å². The van der Waals surface area contributed by atoms with Crippen LogP contribution in [0.3, 0.4) is 0 Å². The molecule has 1 N–H and O–H groups in total. The topological polar surface area (TPSA) is 77.0 Å². The number of pyridine rings is 2. The third-order valence-electron chi connectivity index (χ3n) is 5.15. The molecule has 0 atom stereocenters. The van der Waals surface area contributed by atoms with E-state index in [1.807, 2.05) is 80.6 Å². The number of anilines is 1. The molecule has 0 fully saturated rings. The second-order valence-electron chi connectivity index (χ2n) is 7.63. The lowest BCUT2D eigenvalue weighted by molar-refractivity contribution is 0.102. The molecule has 0 saturated heterocycles. The first-order valence-electron chi connectivity index (χ1n) is 11.0. The molecule has 34 heavy (non-hydrogen) atoms. The Labute approximate surface area is 202 Å². The van der Waals surface area contributed by atoms with Gasteiger partial charge < -0.3 is 10.1 Å². The summed E-state index contributed by atoms with van der Waals surface area (Å²) in [5.41, 5.74) is 4.22. The van der Waals surface area contributed by atoms with Crippen molar-refractivity contribution in [3.63, 3.8) is 0 Å². The van der Waals surface area contributed by atoms with Gasteiger partial charge in [0.15, 0.2) is 0 Å². The molecule has 5 rings (SSSR count). The molecule has 0 saturated carbocycles. The number of amides is 1. The summed E-state index contributed by atoms with van der Waals surface area (Å²) in [5, 5.41) is 3.81. The summed E-state index contributed by atoms with van der Waals surface area (Å²) in [5.74, 6) is 0.303. The summed E-state index contributed by atoms with van der Waals surface area (Å²) in [6.07, 6.45) is 2.62. The minimum atomic E-state index is -0.314. The van der Waals surface area contributed by atoms with Crippen molar-refractivity contribution >= 4 is 41.1 Å². The van der Waals surface area contributed by atoms with Gasteiger partial charge in [-0.1, -0.05) is 53.8 Å². The zero-order valence-corrected chi connectivity index (χ0v) is 19.4. The monoisotopic (exact) mass is 464 g/mol. The summed E-state index contributed by atoms with van der Waals surface area (Å²) >= 11 is 1.49. The maximum atomic E-state index is 13.3. The van der Waals surface area contributed by atoms with Crippen LogP contribution in [0.5, 0.6) is 5.75 Å². The molecule has 3 heterocycles. The highest BCUT2D eigenvalue weighted by molar-refractivity contribution is 7.21. The highest BCUT2D eigenvalue weighted by Crippen LogP contribution is 2.34. The van der Waals surface area contributed by atoms with Crippen LogP contribution in [0.1, 0.15) is 10.5 Å². The Balaban J connectivity index is 1.49. The van der Waals surface area contributed by atoms with Crippen LogP contribution >= 0.6 is 11.3 Å². The van der Waals surface area contributed by atoms with E-state index in [2.05, 4.69) is 15.3 Å². The number of thiazole rings is 1. The van der Waals surface area contributed by atoms with Crippen molar-refractivity contribution in [2.24, 2.45) is 0 Å². The van der Waals surface area contributed by atoms with Crippen LogP contribution in [-0.2, 0) is 0 Å². The number of fused-ring (bicyclic) bond motifs is 1. The van der Waals surface area contributed by atoms with Crippen molar-refractivity contribution in [3.05, 3.63) is 90.8 Å². The van der Waals surface area contributed by atoms with E-state index in [4.69, 9.17) is 9.72 Å². The molecule has 8 heteroatoms. The fourth-order valence-electron chi connectivity index (χ4n) is 3.53. The molecule has 0 aliphatic heterocycles. The number of carbonyl (C=O) groups excluding carboxylic acids is 1. The molecular weight excluding hydrogens is 443 g/mol. The van der Waals surface area contributed by atoms with Gasteiger partial charge >= 0.3 is 0 Å². The molecule has 0 aliphatic rings. The molecular formula is C26H21BN4O2S. The summed E-state index contributed by atoms with van der Waals surface area (Å²) in [6, 6.07) is 24.7. The number of hydrogen-bond donors (Lipinski definition) is 1. The number of nitrogens with one attached hydrogen (secondary N) is 1. The maximum Gasteiger partial charge on any atom is 0.274 e. The van der Waals surface area contributed by atoms with Gasteiger partial charge in [-0.2, -0.15) is 0 Å². The molecule has 5 aromatic rings. The number of nitrogens with zero attached hydrogens (tertiary/aromatic N) is 3. The van der Waals surface area contributed by atoms with Gasteiger partial charge in [0, 0.05) is 29.5 Å². The van der Waals surface area contributed by atoms with E-state index < -0.39 is 0 Å². The lowest BCUT2D eigenvalue weighted by atomic mass is 10.1. The van der Waals surface area contributed by atoms with Crippen LogP contribution in [0.25, 0.3) is 32.2 Å².